The largest absolute Gasteiger partial charge is 0.272 e. The molecule has 0 unspecified atom stereocenters. The number of thiophene rings is 1. The van der Waals surface area contributed by atoms with Crippen molar-refractivity contribution in [2.45, 2.75) is 32.7 Å². The Kier molecular flexibility index (Phi) is 2.38. The van der Waals surface area contributed by atoms with E-state index in [9.17, 15) is 4.79 Å². The van der Waals surface area contributed by atoms with Crippen molar-refractivity contribution in [1.82, 2.24) is 5.01 Å². The Hall–Kier alpha value is -1.16. The summed E-state index contributed by atoms with van der Waals surface area (Å²) >= 11 is 1.63. The first-order valence-electron chi connectivity index (χ1n) is 4.91. The Bertz CT molecular complexity index is 401. The van der Waals surface area contributed by atoms with Crippen LogP contribution in [0.2, 0.25) is 0 Å². The molecule has 80 valence electrons. The molecule has 1 aliphatic rings. The molecular weight excluding hydrogens is 208 g/mol. The van der Waals surface area contributed by atoms with Gasteiger partial charge in [0.1, 0.15) is 0 Å². The molecule has 0 aromatic carbocycles. The predicted molar refractivity (Wildman–Crippen MR) is 62.1 cm³/mol. The Morgan fingerprint density at radius 1 is 1.47 bits per heavy atom. The Balaban J connectivity index is 2.29. The van der Waals surface area contributed by atoms with Crippen LogP contribution < -0.4 is 0 Å². The van der Waals surface area contributed by atoms with Crippen molar-refractivity contribution in [3.8, 4) is 0 Å². The van der Waals surface area contributed by atoms with Crippen LogP contribution in [0, 0.1) is 0 Å². The van der Waals surface area contributed by atoms with Gasteiger partial charge >= 0.3 is 0 Å². The standard InChI is InChI=1S/C11H14N2OS/c1-11(2,3)13-10(14)6-9(12-13)8-4-5-15-7-8/h4-5,7H,6H2,1-3H3. The van der Waals surface area contributed by atoms with Crippen molar-refractivity contribution >= 4 is 23.0 Å². The van der Waals surface area contributed by atoms with Gasteiger partial charge in [-0.05, 0) is 37.6 Å². The molecular formula is C11H14N2OS. The van der Waals surface area contributed by atoms with Gasteiger partial charge in [-0.3, -0.25) is 4.79 Å². The highest BCUT2D eigenvalue weighted by Crippen LogP contribution is 2.23. The zero-order valence-corrected chi connectivity index (χ0v) is 9.97. The first-order chi connectivity index (χ1) is 6.98. The van der Waals surface area contributed by atoms with Gasteiger partial charge in [0, 0.05) is 5.56 Å². The van der Waals surface area contributed by atoms with Crippen LogP contribution in [0.3, 0.4) is 0 Å². The Morgan fingerprint density at radius 3 is 2.67 bits per heavy atom. The molecule has 0 fully saturated rings. The van der Waals surface area contributed by atoms with Crippen molar-refractivity contribution in [3.05, 3.63) is 22.4 Å². The smallest absolute Gasteiger partial charge is 0.249 e. The zero-order chi connectivity index (χ0) is 11.1. The number of nitrogens with zero attached hydrogens (tertiary/aromatic N) is 2. The molecule has 2 heterocycles. The molecule has 0 N–H and O–H groups in total. The number of amides is 1. The predicted octanol–water partition coefficient (Wildman–Crippen LogP) is 2.48. The second-order valence-corrected chi connectivity index (χ2v) is 5.39. The van der Waals surface area contributed by atoms with Gasteiger partial charge in [-0.15, -0.1) is 0 Å². The summed E-state index contributed by atoms with van der Waals surface area (Å²) in [5, 5.41) is 10.0. The Morgan fingerprint density at radius 2 is 2.20 bits per heavy atom. The number of hydrogen-bond donors (Lipinski definition) is 0. The van der Waals surface area contributed by atoms with Crippen LogP contribution in [0.4, 0.5) is 0 Å². The molecule has 2 rings (SSSR count). The molecule has 1 amide bonds. The molecule has 15 heavy (non-hydrogen) atoms. The lowest BCUT2D eigenvalue weighted by Gasteiger charge is -2.27. The second kappa shape index (κ2) is 3.45. The SMILES string of the molecule is CC(C)(C)N1N=C(c2ccsc2)CC1=O. The topological polar surface area (TPSA) is 32.7 Å². The molecule has 1 aromatic heterocycles. The van der Waals surface area contributed by atoms with Crippen LogP contribution in [0.15, 0.2) is 21.9 Å². The monoisotopic (exact) mass is 222 g/mol. The summed E-state index contributed by atoms with van der Waals surface area (Å²) in [7, 11) is 0. The summed E-state index contributed by atoms with van der Waals surface area (Å²) in [6.07, 6.45) is 0.425. The van der Waals surface area contributed by atoms with E-state index >= 15 is 0 Å². The quantitative estimate of drug-likeness (QED) is 0.718. The highest BCUT2D eigenvalue weighted by atomic mass is 32.1. The minimum Gasteiger partial charge on any atom is -0.272 e. The molecule has 3 nitrogen and oxygen atoms in total. The van der Waals surface area contributed by atoms with E-state index in [1.807, 2.05) is 37.6 Å². The van der Waals surface area contributed by atoms with E-state index in [-0.39, 0.29) is 11.4 Å². The van der Waals surface area contributed by atoms with Crippen LogP contribution in [-0.2, 0) is 4.79 Å². The fourth-order valence-corrected chi connectivity index (χ4v) is 2.21. The number of hydrazone groups is 1. The third kappa shape index (κ3) is 1.95. The summed E-state index contributed by atoms with van der Waals surface area (Å²) in [6.45, 7) is 5.97. The van der Waals surface area contributed by atoms with Crippen LogP contribution in [0.1, 0.15) is 32.8 Å². The van der Waals surface area contributed by atoms with E-state index < -0.39 is 0 Å². The van der Waals surface area contributed by atoms with Crippen molar-refractivity contribution in [3.63, 3.8) is 0 Å². The average molecular weight is 222 g/mol. The van der Waals surface area contributed by atoms with Gasteiger partial charge in [-0.25, -0.2) is 5.01 Å². The first-order valence-corrected chi connectivity index (χ1v) is 5.86. The summed E-state index contributed by atoms with van der Waals surface area (Å²) in [6, 6.07) is 2.00. The minimum atomic E-state index is -0.227. The van der Waals surface area contributed by atoms with Crippen molar-refractivity contribution in [2.75, 3.05) is 0 Å². The maximum absolute atomic E-state index is 11.7. The van der Waals surface area contributed by atoms with Gasteiger partial charge in [0.05, 0.1) is 17.7 Å². The van der Waals surface area contributed by atoms with Crippen LogP contribution >= 0.6 is 11.3 Å². The van der Waals surface area contributed by atoms with E-state index in [0.717, 1.165) is 11.3 Å². The third-order valence-corrected chi connectivity index (χ3v) is 2.95. The molecule has 0 radical (unpaired) electrons. The van der Waals surface area contributed by atoms with Crippen molar-refractivity contribution in [1.29, 1.82) is 0 Å². The van der Waals surface area contributed by atoms with Gasteiger partial charge in [-0.1, -0.05) is 0 Å². The highest BCUT2D eigenvalue weighted by Gasteiger charge is 2.32. The molecule has 1 aliphatic heterocycles. The average Bonchev–Trinajstić information content (AvgIpc) is 2.68. The molecule has 0 aliphatic carbocycles. The first kappa shape index (κ1) is 10.4. The van der Waals surface area contributed by atoms with Gasteiger partial charge in [-0.2, -0.15) is 16.4 Å². The van der Waals surface area contributed by atoms with E-state index in [0.29, 0.717) is 6.42 Å². The minimum absolute atomic E-state index is 0.0868. The maximum Gasteiger partial charge on any atom is 0.249 e. The van der Waals surface area contributed by atoms with Gasteiger partial charge in [0.2, 0.25) is 5.91 Å². The van der Waals surface area contributed by atoms with E-state index in [1.165, 1.54) is 0 Å². The van der Waals surface area contributed by atoms with Gasteiger partial charge in [0.15, 0.2) is 0 Å². The fourth-order valence-electron chi connectivity index (χ4n) is 1.54. The van der Waals surface area contributed by atoms with Crippen LogP contribution in [0.25, 0.3) is 0 Å². The van der Waals surface area contributed by atoms with Gasteiger partial charge in [0.25, 0.3) is 0 Å². The molecule has 0 atom stereocenters. The summed E-state index contributed by atoms with van der Waals surface area (Å²) in [4.78, 5) is 11.7. The van der Waals surface area contributed by atoms with E-state index in [1.54, 1.807) is 16.3 Å². The normalized spacial score (nSPS) is 17.1. The van der Waals surface area contributed by atoms with E-state index in [4.69, 9.17) is 0 Å². The summed E-state index contributed by atoms with van der Waals surface area (Å²) in [5.74, 6) is 0.0868. The summed E-state index contributed by atoms with van der Waals surface area (Å²) in [5.41, 5.74) is 1.73. The Labute approximate surface area is 93.4 Å². The number of rotatable bonds is 1. The number of carbonyl (C=O) groups excluding carboxylic acids is 1. The molecule has 4 heteroatoms. The molecule has 0 saturated heterocycles. The molecule has 0 spiro atoms. The van der Waals surface area contributed by atoms with Crippen LogP contribution in [-0.4, -0.2) is 22.2 Å². The number of carbonyl (C=O) groups is 1. The second-order valence-electron chi connectivity index (χ2n) is 4.61. The zero-order valence-electron chi connectivity index (χ0n) is 9.15. The fraction of sp³-hybridized carbons (Fsp3) is 0.455. The summed E-state index contributed by atoms with van der Waals surface area (Å²) < 4.78 is 0. The lowest BCUT2D eigenvalue weighted by Crippen LogP contribution is -2.38. The van der Waals surface area contributed by atoms with Crippen molar-refractivity contribution in [2.24, 2.45) is 5.10 Å². The van der Waals surface area contributed by atoms with Gasteiger partial charge < -0.3 is 0 Å². The van der Waals surface area contributed by atoms with Crippen LogP contribution in [0.5, 0.6) is 0 Å². The highest BCUT2D eigenvalue weighted by molar-refractivity contribution is 7.08. The molecule has 0 bridgehead atoms. The third-order valence-electron chi connectivity index (χ3n) is 2.27. The lowest BCUT2D eigenvalue weighted by atomic mass is 10.1. The maximum atomic E-state index is 11.7. The lowest BCUT2D eigenvalue weighted by molar-refractivity contribution is -0.133. The van der Waals surface area contributed by atoms with Crippen molar-refractivity contribution < 1.29 is 4.79 Å². The molecule has 0 saturated carbocycles. The van der Waals surface area contributed by atoms with E-state index in [2.05, 4.69) is 5.10 Å². The molecule has 1 aromatic rings. The number of hydrogen-bond acceptors (Lipinski definition) is 3.